The van der Waals surface area contributed by atoms with Crippen LogP contribution in [-0.4, -0.2) is 23.0 Å². The molecule has 0 aromatic heterocycles. The van der Waals surface area contributed by atoms with Crippen LogP contribution in [0.25, 0.3) is 0 Å². The number of rotatable bonds is 2. The Morgan fingerprint density at radius 1 is 1.36 bits per heavy atom. The van der Waals surface area contributed by atoms with E-state index >= 15 is 0 Å². The molecule has 3 nitrogen and oxygen atoms in total. The van der Waals surface area contributed by atoms with E-state index in [-0.39, 0.29) is 12.4 Å². The Morgan fingerprint density at radius 2 is 1.73 bits per heavy atom. The predicted octanol–water partition coefficient (Wildman–Crippen LogP) is 0.311. The fourth-order valence-electron chi connectivity index (χ4n) is 0.928. The van der Waals surface area contributed by atoms with Crippen molar-refractivity contribution in [2.75, 3.05) is 6.61 Å². The first-order valence-corrected chi connectivity index (χ1v) is 3.66. The van der Waals surface area contributed by atoms with Gasteiger partial charge in [-0.1, -0.05) is 20.8 Å². The summed E-state index contributed by atoms with van der Waals surface area (Å²) in [6.45, 7) is 6.60. The van der Waals surface area contributed by atoms with Crippen molar-refractivity contribution in [3.63, 3.8) is 0 Å². The van der Waals surface area contributed by atoms with Crippen molar-refractivity contribution >= 4 is 5.78 Å². The summed E-state index contributed by atoms with van der Waals surface area (Å²) in [5, 5.41) is 8.78. The molecule has 0 aromatic rings. The van der Waals surface area contributed by atoms with Crippen LogP contribution in [0, 0.1) is 5.41 Å². The van der Waals surface area contributed by atoms with E-state index in [2.05, 4.69) is 0 Å². The Balaban J connectivity index is 4.50. The van der Waals surface area contributed by atoms with E-state index in [1.54, 1.807) is 27.7 Å². The highest BCUT2D eigenvalue weighted by molar-refractivity contribution is 5.92. The number of Topliss-reactive ketones (excluding diaryl/α,β-unsaturated/α-hetero) is 1. The van der Waals surface area contributed by atoms with Crippen molar-refractivity contribution in [2.24, 2.45) is 11.1 Å². The van der Waals surface area contributed by atoms with Crippen molar-refractivity contribution in [3.8, 4) is 0 Å². The third-order valence-corrected chi connectivity index (χ3v) is 1.53. The van der Waals surface area contributed by atoms with Gasteiger partial charge in [0.05, 0.1) is 12.1 Å². The zero-order valence-electron chi connectivity index (χ0n) is 7.64. The lowest BCUT2D eigenvalue weighted by Crippen LogP contribution is -2.53. The van der Waals surface area contributed by atoms with Gasteiger partial charge in [-0.25, -0.2) is 0 Å². The van der Waals surface area contributed by atoms with Crippen LogP contribution in [0.3, 0.4) is 0 Å². The molecular weight excluding hydrogens is 142 g/mol. The summed E-state index contributed by atoms with van der Waals surface area (Å²) in [7, 11) is 0. The van der Waals surface area contributed by atoms with Crippen molar-refractivity contribution in [2.45, 2.75) is 33.2 Å². The van der Waals surface area contributed by atoms with E-state index in [4.69, 9.17) is 10.8 Å². The molecule has 0 saturated carbocycles. The summed E-state index contributed by atoms with van der Waals surface area (Å²) in [4.78, 5) is 11.4. The second-order valence-electron chi connectivity index (χ2n) is 4.15. The molecule has 0 saturated heterocycles. The van der Waals surface area contributed by atoms with Gasteiger partial charge in [0, 0.05) is 5.41 Å². The van der Waals surface area contributed by atoms with Crippen molar-refractivity contribution in [1.29, 1.82) is 0 Å². The van der Waals surface area contributed by atoms with Gasteiger partial charge < -0.3 is 10.8 Å². The minimum atomic E-state index is -1.10. The topological polar surface area (TPSA) is 63.3 Å². The number of nitrogens with two attached hydrogens (primary N) is 1. The van der Waals surface area contributed by atoms with Crippen LogP contribution in [0.4, 0.5) is 0 Å². The largest absolute Gasteiger partial charge is 0.394 e. The maximum absolute atomic E-state index is 11.4. The Kier molecular flexibility index (Phi) is 2.80. The smallest absolute Gasteiger partial charge is 0.159 e. The monoisotopic (exact) mass is 159 g/mol. The number of hydrogen-bond acceptors (Lipinski definition) is 3. The van der Waals surface area contributed by atoms with Gasteiger partial charge in [-0.15, -0.1) is 0 Å². The number of carbonyl (C=O) groups is 1. The van der Waals surface area contributed by atoms with Gasteiger partial charge in [-0.2, -0.15) is 0 Å². The molecule has 0 rings (SSSR count). The molecule has 1 unspecified atom stereocenters. The number of aliphatic hydroxyl groups excluding tert-OH is 1. The van der Waals surface area contributed by atoms with Crippen molar-refractivity contribution in [1.82, 2.24) is 0 Å². The molecule has 3 N–H and O–H groups in total. The number of carbonyl (C=O) groups excluding carboxylic acids is 1. The van der Waals surface area contributed by atoms with E-state index in [9.17, 15) is 4.79 Å². The van der Waals surface area contributed by atoms with Crippen LogP contribution in [0.5, 0.6) is 0 Å². The maximum atomic E-state index is 11.4. The fraction of sp³-hybridized carbons (Fsp3) is 0.875. The van der Waals surface area contributed by atoms with Crippen LogP contribution < -0.4 is 5.73 Å². The van der Waals surface area contributed by atoms with Crippen LogP contribution in [0.15, 0.2) is 0 Å². The maximum Gasteiger partial charge on any atom is 0.159 e. The van der Waals surface area contributed by atoms with Gasteiger partial charge in [-0.3, -0.25) is 4.79 Å². The van der Waals surface area contributed by atoms with Crippen molar-refractivity contribution < 1.29 is 9.90 Å². The fourth-order valence-corrected chi connectivity index (χ4v) is 0.928. The molecule has 0 aromatic carbocycles. The first kappa shape index (κ1) is 10.6. The Labute approximate surface area is 67.6 Å². The van der Waals surface area contributed by atoms with Gasteiger partial charge in [0.25, 0.3) is 0 Å². The van der Waals surface area contributed by atoms with Gasteiger partial charge in [-0.05, 0) is 6.92 Å². The number of aliphatic hydroxyl groups is 1. The first-order chi connectivity index (χ1) is 4.72. The normalized spacial score (nSPS) is 17.6. The van der Waals surface area contributed by atoms with Crippen LogP contribution in [0.1, 0.15) is 27.7 Å². The Hall–Kier alpha value is -0.410. The van der Waals surface area contributed by atoms with Crippen LogP contribution >= 0.6 is 0 Å². The minimum Gasteiger partial charge on any atom is -0.394 e. The summed E-state index contributed by atoms with van der Waals surface area (Å²) in [5.74, 6) is -0.118. The quantitative estimate of drug-likeness (QED) is 0.609. The van der Waals surface area contributed by atoms with E-state index < -0.39 is 11.0 Å². The molecule has 1 atom stereocenters. The number of ketones is 1. The average Bonchev–Trinajstić information content (AvgIpc) is 1.84. The summed E-state index contributed by atoms with van der Waals surface area (Å²) < 4.78 is 0. The average molecular weight is 159 g/mol. The number of hydrogen-bond donors (Lipinski definition) is 2. The van der Waals surface area contributed by atoms with Crippen molar-refractivity contribution in [3.05, 3.63) is 0 Å². The Bertz CT molecular complexity index is 156. The molecule has 0 heterocycles. The highest BCUT2D eigenvalue weighted by Gasteiger charge is 2.35. The standard InChI is InChI=1S/C8H17NO2/c1-7(2,3)6(11)8(4,9)5-10/h10H,5,9H2,1-4H3. The first-order valence-electron chi connectivity index (χ1n) is 3.66. The van der Waals surface area contributed by atoms with Gasteiger partial charge in [0.2, 0.25) is 0 Å². The zero-order chi connectivity index (χ0) is 9.28. The van der Waals surface area contributed by atoms with Gasteiger partial charge >= 0.3 is 0 Å². The predicted molar refractivity (Wildman–Crippen MR) is 44.1 cm³/mol. The second-order valence-corrected chi connectivity index (χ2v) is 4.15. The van der Waals surface area contributed by atoms with E-state index in [0.717, 1.165) is 0 Å². The lowest BCUT2D eigenvalue weighted by Gasteiger charge is -2.28. The second kappa shape index (κ2) is 2.91. The summed E-state index contributed by atoms with van der Waals surface area (Å²) in [6, 6.07) is 0. The highest BCUT2D eigenvalue weighted by atomic mass is 16.3. The highest BCUT2D eigenvalue weighted by Crippen LogP contribution is 2.20. The van der Waals surface area contributed by atoms with E-state index in [0.29, 0.717) is 0 Å². The van der Waals surface area contributed by atoms with Crippen LogP contribution in [-0.2, 0) is 4.79 Å². The molecule has 0 aliphatic heterocycles. The van der Waals surface area contributed by atoms with E-state index in [1.165, 1.54) is 0 Å². The third kappa shape index (κ3) is 2.60. The summed E-state index contributed by atoms with van der Waals surface area (Å²) in [6.07, 6.45) is 0. The lowest BCUT2D eigenvalue weighted by atomic mass is 9.80. The zero-order valence-corrected chi connectivity index (χ0v) is 7.64. The molecular formula is C8H17NO2. The molecule has 0 aliphatic carbocycles. The summed E-state index contributed by atoms with van der Waals surface area (Å²) in [5.41, 5.74) is 3.97. The minimum absolute atomic E-state index is 0.118. The molecule has 0 spiro atoms. The third-order valence-electron chi connectivity index (χ3n) is 1.53. The molecule has 0 fully saturated rings. The molecule has 11 heavy (non-hydrogen) atoms. The molecule has 3 heteroatoms. The lowest BCUT2D eigenvalue weighted by molar-refractivity contribution is -0.132. The molecule has 0 amide bonds. The summed E-state index contributed by atoms with van der Waals surface area (Å²) >= 11 is 0. The van der Waals surface area contributed by atoms with E-state index in [1.807, 2.05) is 0 Å². The van der Waals surface area contributed by atoms with Gasteiger partial charge in [0.1, 0.15) is 0 Å². The molecule has 66 valence electrons. The SMILES string of the molecule is CC(C)(C)C(=O)C(C)(N)CO. The molecule has 0 aliphatic rings. The molecule has 0 radical (unpaired) electrons. The van der Waals surface area contributed by atoms with Crippen LogP contribution in [0.2, 0.25) is 0 Å². The molecule has 0 bridgehead atoms. The van der Waals surface area contributed by atoms with Gasteiger partial charge in [0.15, 0.2) is 5.78 Å². The Morgan fingerprint density at radius 3 is 1.82 bits per heavy atom.